The molecule has 152 valence electrons. The number of halogens is 3. The Morgan fingerprint density at radius 1 is 1.24 bits per heavy atom. The Morgan fingerprint density at radius 3 is 2.59 bits per heavy atom. The van der Waals surface area contributed by atoms with Crippen molar-refractivity contribution in [3.05, 3.63) is 63.0 Å². The normalized spacial score (nSPS) is 18.4. The number of benzene rings is 2. The summed E-state index contributed by atoms with van der Waals surface area (Å²) in [5.41, 5.74) is 2.02. The maximum Gasteiger partial charge on any atom is 0.338 e. The molecule has 29 heavy (non-hydrogen) atoms. The standard InChI is InChI=1S/C21H20Cl2FN3O2/c1-11-17-8-18(21(28)29)19(24)9-20(17)27(25-11)16-3-4-26(10-16)12(2)13-5-14(22)7-15(23)6-13/h5-9,12,16H,3-4,10H2,1-2H3,(H,28,29)/t12-,16?/m1/s1. The molecule has 1 aromatic heterocycles. The zero-order valence-corrected chi connectivity index (χ0v) is 17.5. The summed E-state index contributed by atoms with van der Waals surface area (Å²) in [7, 11) is 0. The SMILES string of the molecule is Cc1nn(C2CCN([C@H](C)c3cc(Cl)cc(Cl)c3)C2)c2cc(F)c(C(=O)O)cc12. The number of nitrogens with zero attached hydrogens (tertiary/aromatic N) is 3. The van der Waals surface area contributed by atoms with Crippen molar-refractivity contribution in [2.45, 2.75) is 32.4 Å². The summed E-state index contributed by atoms with van der Waals surface area (Å²) in [5, 5.41) is 15.7. The van der Waals surface area contributed by atoms with Crippen LogP contribution in [0.15, 0.2) is 30.3 Å². The fourth-order valence-electron chi connectivity index (χ4n) is 4.10. The number of carboxylic acids is 1. The Balaban J connectivity index is 1.63. The molecule has 3 aromatic rings. The molecule has 2 atom stereocenters. The fourth-order valence-corrected chi connectivity index (χ4v) is 4.64. The van der Waals surface area contributed by atoms with Crippen molar-refractivity contribution in [3.63, 3.8) is 0 Å². The van der Waals surface area contributed by atoms with E-state index in [9.17, 15) is 14.3 Å². The average Bonchev–Trinajstić information content (AvgIpc) is 3.24. The Kier molecular flexibility index (Phi) is 5.27. The van der Waals surface area contributed by atoms with Gasteiger partial charge < -0.3 is 5.11 Å². The van der Waals surface area contributed by atoms with Crippen LogP contribution in [0, 0.1) is 12.7 Å². The summed E-state index contributed by atoms with van der Waals surface area (Å²) in [5.74, 6) is -2.03. The van der Waals surface area contributed by atoms with Gasteiger partial charge in [0.1, 0.15) is 5.82 Å². The first-order valence-electron chi connectivity index (χ1n) is 9.36. The van der Waals surface area contributed by atoms with Gasteiger partial charge in [-0.1, -0.05) is 23.2 Å². The van der Waals surface area contributed by atoms with Gasteiger partial charge in [0, 0.05) is 40.6 Å². The molecule has 1 fully saturated rings. The number of aromatic carboxylic acids is 1. The third kappa shape index (κ3) is 3.72. The third-order valence-corrected chi connectivity index (χ3v) is 6.10. The molecule has 1 saturated heterocycles. The van der Waals surface area contributed by atoms with Crippen molar-refractivity contribution in [2.75, 3.05) is 13.1 Å². The number of aromatic nitrogens is 2. The number of hydrogen-bond acceptors (Lipinski definition) is 3. The van der Waals surface area contributed by atoms with E-state index in [2.05, 4.69) is 16.9 Å². The molecular formula is C21H20Cl2FN3O2. The summed E-state index contributed by atoms with van der Waals surface area (Å²) in [4.78, 5) is 13.6. The number of fused-ring (bicyclic) bond motifs is 1. The van der Waals surface area contributed by atoms with Gasteiger partial charge in [-0.25, -0.2) is 9.18 Å². The molecule has 0 radical (unpaired) electrons. The van der Waals surface area contributed by atoms with E-state index in [1.807, 2.05) is 23.7 Å². The summed E-state index contributed by atoms with van der Waals surface area (Å²) < 4.78 is 16.1. The van der Waals surface area contributed by atoms with Crippen LogP contribution in [0.25, 0.3) is 10.9 Å². The van der Waals surface area contributed by atoms with Crippen LogP contribution < -0.4 is 0 Å². The molecule has 1 aliphatic rings. The Hall–Kier alpha value is -2.15. The summed E-state index contributed by atoms with van der Waals surface area (Å²) in [6.07, 6.45) is 0.858. The van der Waals surface area contributed by atoms with Crippen LogP contribution in [0.3, 0.4) is 0 Å². The number of rotatable bonds is 4. The predicted molar refractivity (Wildman–Crippen MR) is 111 cm³/mol. The Morgan fingerprint density at radius 2 is 1.93 bits per heavy atom. The average molecular weight is 436 g/mol. The van der Waals surface area contributed by atoms with Gasteiger partial charge in [0.05, 0.1) is 22.8 Å². The lowest BCUT2D eigenvalue weighted by atomic mass is 10.1. The molecule has 1 N–H and O–H groups in total. The van der Waals surface area contributed by atoms with Crippen LogP contribution in [0.5, 0.6) is 0 Å². The third-order valence-electron chi connectivity index (χ3n) is 5.67. The van der Waals surface area contributed by atoms with Crippen LogP contribution in [-0.4, -0.2) is 38.8 Å². The lowest BCUT2D eigenvalue weighted by Crippen LogP contribution is -2.25. The first kappa shape index (κ1) is 20.1. The van der Waals surface area contributed by atoms with E-state index in [0.717, 1.165) is 25.1 Å². The summed E-state index contributed by atoms with van der Waals surface area (Å²) in [6.45, 7) is 5.51. The van der Waals surface area contributed by atoms with Crippen molar-refractivity contribution < 1.29 is 14.3 Å². The van der Waals surface area contributed by atoms with Crippen LogP contribution in [0.2, 0.25) is 10.0 Å². The van der Waals surface area contributed by atoms with Crippen molar-refractivity contribution in [1.29, 1.82) is 0 Å². The number of carboxylic acid groups (broad SMARTS) is 1. The zero-order chi connectivity index (χ0) is 20.9. The summed E-state index contributed by atoms with van der Waals surface area (Å²) in [6, 6.07) is 8.39. The molecule has 8 heteroatoms. The van der Waals surface area contributed by atoms with E-state index in [1.54, 1.807) is 6.07 Å². The quantitative estimate of drug-likeness (QED) is 0.587. The monoisotopic (exact) mass is 435 g/mol. The van der Waals surface area contributed by atoms with Crippen molar-refractivity contribution in [1.82, 2.24) is 14.7 Å². The molecule has 4 rings (SSSR count). The van der Waals surface area contributed by atoms with Crippen LogP contribution in [0.4, 0.5) is 4.39 Å². The van der Waals surface area contributed by atoms with E-state index >= 15 is 0 Å². The molecule has 2 heterocycles. The number of likely N-dealkylation sites (tertiary alicyclic amines) is 1. The minimum Gasteiger partial charge on any atom is -0.478 e. The highest BCUT2D eigenvalue weighted by atomic mass is 35.5. The number of aryl methyl sites for hydroxylation is 1. The van der Waals surface area contributed by atoms with Crippen molar-refractivity contribution in [3.8, 4) is 0 Å². The highest BCUT2D eigenvalue weighted by molar-refractivity contribution is 6.34. The molecule has 0 bridgehead atoms. The van der Waals surface area contributed by atoms with Crippen molar-refractivity contribution in [2.24, 2.45) is 0 Å². The van der Waals surface area contributed by atoms with Crippen LogP contribution in [-0.2, 0) is 0 Å². The second-order valence-corrected chi connectivity index (χ2v) is 8.37. The number of hydrogen-bond donors (Lipinski definition) is 1. The minimum atomic E-state index is -1.28. The molecule has 1 unspecified atom stereocenters. The van der Waals surface area contributed by atoms with E-state index in [1.165, 1.54) is 12.1 Å². The van der Waals surface area contributed by atoms with Gasteiger partial charge in [0.15, 0.2) is 0 Å². The lowest BCUT2D eigenvalue weighted by Gasteiger charge is -2.25. The molecular weight excluding hydrogens is 416 g/mol. The largest absolute Gasteiger partial charge is 0.478 e. The molecule has 0 amide bonds. The molecule has 0 saturated carbocycles. The van der Waals surface area contributed by atoms with Gasteiger partial charge in [-0.2, -0.15) is 5.10 Å². The van der Waals surface area contributed by atoms with Gasteiger partial charge in [0.2, 0.25) is 0 Å². The molecule has 0 aliphatic carbocycles. The fraction of sp³-hybridized carbons (Fsp3) is 0.333. The highest BCUT2D eigenvalue weighted by Crippen LogP contribution is 2.34. The smallest absolute Gasteiger partial charge is 0.338 e. The lowest BCUT2D eigenvalue weighted by molar-refractivity contribution is 0.0692. The first-order chi connectivity index (χ1) is 13.7. The van der Waals surface area contributed by atoms with Crippen molar-refractivity contribution >= 4 is 40.1 Å². The van der Waals surface area contributed by atoms with Gasteiger partial charge in [0.25, 0.3) is 0 Å². The van der Waals surface area contributed by atoms with Gasteiger partial charge in [-0.05, 0) is 50.1 Å². The maximum atomic E-state index is 14.3. The molecule has 1 aliphatic heterocycles. The van der Waals surface area contributed by atoms with Gasteiger partial charge in [-0.15, -0.1) is 0 Å². The maximum absolute atomic E-state index is 14.3. The highest BCUT2D eigenvalue weighted by Gasteiger charge is 2.30. The van der Waals surface area contributed by atoms with Crippen LogP contribution >= 0.6 is 23.2 Å². The Bertz CT molecular complexity index is 1090. The molecule has 5 nitrogen and oxygen atoms in total. The minimum absolute atomic E-state index is 0.0679. The zero-order valence-electron chi connectivity index (χ0n) is 16.0. The summed E-state index contributed by atoms with van der Waals surface area (Å²) >= 11 is 12.3. The topological polar surface area (TPSA) is 58.4 Å². The van der Waals surface area contributed by atoms with Gasteiger partial charge in [-0.3, -0.25) is 9.58 Å². The van der Waals surface area contributed by atoms with E-state index in [4.69, 9.17) is 23.2 Å². The molecule has 2 aromatic carbocycles. The molecule has 0 spiro atoms. The Labute approximate surface area is 177 Å². The predicted octanol–water partition coefficient (Wildman–Crippen LogP) is 5.50. The second kappa shape index (κ2) is 7.59. The van der Waals surface area contributed by atoms with Gasteiger partial charge >= 0.3 is 5.97 Å². The van der Waals surface area contributed by atoms with E-state index in [0.29, 0.717) is 26.6 Å². The second-order valence-electron chi connectivity index (χ2n) is 7.50. The van der Waals surface area contributed by atoms with E-state index < -0.39 is 11.8 Å². The van der Waals surface area contributed by atoms with E-state index in [-0.39, 0.29) is 17.6 Å². The van der Waals surface area contributed by atoms with Crippen LogP contribution in [0.1, 0.15) is 47.0 Å². The first-order valence-corrected chi connectivity index (χ1v) is 10.1. The number of carbonyl (C=O) groups is 1.